The monoisotopic (exact) mass is 246 g/mol. The number of nitrogens with zero attached hydrogens (tertiary/aromatic N) is 3. The Morgan fingerprint density at radius 3 is 2.33 bits per heavy atom. The fourth-order valence-corrected chi connectivity index (χ4v) is 2.51. The van der Waals surface area contributed by atoms with E-state index < -0.39 is 0 Å². The lowest BCUT2D eigenvalue weighted by molar-refractivity contribution is 0.345. The number of fused-ring (bicyclic) bond motifs is 1. The van der Waals surface area contributed by atoms with Crippen molar-refractivity contribution in [1.29, 1.82) is 0 Å². The normalized spacial score (nSPS) is 12.3. The Morgan fingerprint density at radius 1 is 1.17 bits per heavy atom. The van der Waals surface area contributed by atoms with Crippen LogP contribution in [0.15, 0.2) is 0 Å². The molecule has 0 saturated carbocycles. The van der Waals surface area contributed by atoms with Gasteiger partial charge in [0.15, 0.2) is 0 Å². The molecule has 0 aromatic carbocycles. The molecule has 2 aromatic heterocycles. The second-order valence-electron chi connectivity index (χ2n) is 5.57. The first-order chi connectivity index (χ1) is 8.29. The number of hydrogen-bond acceptors (Lipinski definition) is 3. The Labute approximate surface area is 108 Å². The van der Waals surface area contributed by atoms with Gasteiger partial charge >= 0.3 is 0 Å². The lowest BCUT2D eigenvalue weighted by Gasteiger charge is -2.28. The zero-order valence-electron chi connectivity index (χ0n) is 12.1. The Balaban J connectivity index is 2.94. The van der Waals surface area contributed by atoms with Crippen LogP contribution in [0.3, 0.4) is 0 Å². The van der Waals surface area contributed by atoms with E-state index in [9.17, 15) is 0 Å². The van der Waals surface area contributed by atoms with Gasteiger partial charge in [-0.3, -0.25) is 0 Å². The molecule has 0 aliphatic rings. The van der Waals surface area contributed by atoms with Crippen LogP contribution in [-0.4, -0.2) is 14.5 Å². The van der Waals surface area contributed by atoms with Crippen LogP contribution >= 0.6 is 0 Å². The molecule has 0 saturated heterocycles. The summed E-state index contributed by atoms with van der Waals surface area (Å²) >= 11 is 0. The number of nitrogen functional groups attached to an aromatic ring is 1. The number of hydrogen-bond donors (Lipinski definition) is 1. The van der Waals surface area contributed by atoms with Crippen molar-refractivity contribution < 1.29 is 0 Å². The van der Waals surface area contributed by atoms with Gasteiger partial charge < -0.3 is 10.3 Å². The van der Waals surface area contributed by atoms with Gasteiger partial charge in [0.05, 0.1) is 5.39 Å². The summed E-state index contributed by atoms with van der Waals surface area (Å²) in [7, 11) is 0. The highest BCUT2D eigenvalue weighted by atomic mass is 15.1. The molecule has 2 N–H and O–H groups in total. The summed E-state index contributed by atoms with van der Waals surface area (Å²) in [4.78, 5) is 8.88. The average molecular weight is 246 g/mol. The first kappa shape index (κ1) is 12.9. The van der Waals surface area contributed by atoms with Crippen molar-refractivity contribution >= 4 is 16.9 Å². The maximum absolute atomic E-state index is 6.06. The minimum absolute atomic E-state index is 0.0316. The zero-order valence-corrected chi connectivity index (χ0v) is 12.1. The first-order valence-electron chi connectivity index (χ1n) is 6.41. The Hall–Kier alpha value is -1.58. The molecular formula is C14H22N4. The van der Waals surface area contributed by atoms with E-state index in [1.807, 2.05) is 6.92 Å². The molecule has 4 heteroatoms. The quantitative estimate of drug-likeness (QED) is 0.886. The third-order valence-electron chi connectivity index (χ3n) is 3.97. The van der Waals surface area contributed by atoms with E-state index in [1.165, 1.54) is 11.3 Å². The molecular weight excluding hydrogens is 224 g/mol. The molecule has 0 unspecified atom stereocenters. The molecule has 0 aliphatic heterocycles. The largest absolute Gasteiger partial charge is 0.383 e. The molecule has 0 atom stereocenters. The van der Waals surface area contributed by atoms with Gasteiger partial charge in [0.2, 0.25) is 0 Å². The molecule has 18 heavy (non-hydrogen) atoms. The van der Waals surface area contributed by atoms with Crippen LogP contribution in [0.25, 0.3) is 11.0 Å². The molecule has 2 heterocycles. The Morgan fingerprint density at radius 2 is 1.78 bits per heavy atom. The van der Waals surface area contributed by atoms with E-state index >= 15 is 0 Å². The summed E-state index contributed by atoms with van der Waals surface area (Å²) in [6.45, 7) is 12.8. The summed E-state index contributed by atoms with van der Waals surface area (Å²) in [5.74, 6) is 1.31. The van der Waals surface area contributed by atoms with Gasteiger partial charge in [-0.05, 0) is 46.6 Å². The molecule has 4 nitrogen and oxygen atoms in total. The topological polar surface area (TPSA) is 56.7 Å². The van der Waals surface area contributed by atoms with Crippen LogP contribution in [0.4, 0.5) is 5.82 Å². The third kappa shape index (κ3) is 1.67. The summed E-state index contributed by atoms with van der Waals surface area (Å²) in [5, 5.41) is 1.000. The van der Waals surface area contributed by atoms with Gasteiger partial charge in [0.1, 0.15) is 17.3 Å². The van der Waals surface area contributed by atoms with Crippen molar-refractivity contribution in [2.45, 2.75) is 53.5 Å². The standard InChI is InChI=1S/C14H22N4/c1-7-14(5,6)18-9(3)8(2)11-12(15)16-10(4)17-13(11)18/h7H2,1-6H3,(H2,15,16,17). The van der Waals surface area contributed by atoms with E-state index in [2.05, 4.69) is 49.2 Å². The maximum atomic E-state index is 6.06. The molecule has 0 spiro atoms. The summed E-state index contributed by atoms with van der Waals surface area (Å²) < 4.78 is 2.29. The van der Waals surface area contributed by atoms with Gasteiger partial charge in [-0.1, -0.05) is 6.92 Å². The number of nitrogens with two attached hydrogens (primary N) is 1. The van der Waals surface area contributed by atoms with Crippen molar-refractivity contribution in [3.8, 4) is 0 Å². The Bertz CT molecular complexity index is 608. The summed E-state index contributed by atoms with van der Waals surface area (Å²) in [6, 6.07) is 0. The predicted molar refractivity (Wildman–Crippen MR) is 75.8 cm³/mol. The molecule has 2 rings (SSSR count). The Kier molecular flexibility index (Phi) is 2.84. The third-order valence-corrected chi connectivity index (χ3v) is 3.97. The highest BCUT2D eigenvalue weighted by Gasteiger charge is 2.25. The number of aromatic nitrogens is 3. The molecule has 0 amide bonds. The van der Waals surface area contributed by atoms with Crippen LogP contribution in [0.1, 0.15) is 44.3 Å². The smallest absolute Gasteiger partial charge is 0.146 e. The number of rotatable bonds is 2. The van der Waals surface area contributed by atoms with Crippen molar-refractivity contribution in [1.82, 2.24) is 14.5 Å². The molecule has 0 aliphatic carbocycles. The van der Waals surface area contributed by atoms with Gasteiger partial charge in [0, 0.05) is 11.2 Å². The van der Waals surface area contributed by atoms with E-state index in [1.54, 1.807) is 0 Å². The minimum atomic E-state index is 0.0316. The van der Waals surface area contributed by atoms with Crippen LogP contribution in [-0.2, 0) is 5.54 Å². The maximum Gasteiger partial charge on any atom is 0.146 e. The second-order valence-corrected chi connectivity index (χ2v) is 5.57. The number of aryl methyl sites for hydroxylation is 2. The van der Waals surface area contributed by atoms with Crippen molar-refractivity contribution in [3.05, 3.63) is 17.1 Å². The van der Waals surface area contributed by atoms with Gasteiger partial charge in [-0.15, -0.1) is 0 Å². The highest BCUT2D eigenvalue weighted by molar-refractivity contribution is 5.91. The first-order valence-corrected chi connectivity index (χ1v) is 6.41. The van der Waals surface area contributed by atoms with E-state index in [0.29, 0.717) is 5.82 Å². The number of anilines is 1. The fraction of sp³-hybridized carbons (Fsp3) is 0.571. The van der Waals surface area contributed by atoms with Gasteiger partial charge in [-0.25, -0.2) is 9.97 Å². The highest BCUT2D eigenvalue weighted by Crippen LogP contribution is 2.33. The van der Waals surface area contributed by atoms with E-state index in [0.717, 1.165) is 23.3 Å². The van der Waals surface area contributed by atoms with E-state index in [-0.39, 0.29) is 5.54 Å². The molecule has 0 radical (unpaired) electrons. The molecule has 0 bridgehead atoms. The van der Waals surface area contributed by atoms with Gasteiger partial charge in [-0.2, -0.15) is 0 Å². The van der Waals surface area contributed by atoms with Crippen molar-refractivity contribution in [3.63, 3.8) is 0 Å². The zero-order chi connectivity index (χ0) is 13.7. The lowest BCUT2D eigenvalue weighted by Crippen LogP contribution is -2.26. The molecule has 2 aromatic rings. The van der Waals surface area contributed by atoms with E-state index in [4.69, 9.17) is 5.73 Å². The van der Waals surface area contributed by atoms with Crippen LogP contribution in [0.5, 0.6) is 0 Å². The average Bonchev–Trinajstić information content (AvgIpc) is 2.51. The second kappa shape index (κ2) is 3.97. The molecule has 0 fully saturated rings. The van der Waals surface area contributed by atoms with Gasteiger partial charge in [0.25, 0.3) is 0 Å². The predicted octanol–water partition coefficient (Wildman–Crippen LogP) is 3.08. The minimum Gasteiger partial charge on any atom is -0.383 e. The van der Waals surface area contributed by atoms with Crippen LogP contribution in [0.2, 0.25) is 0 Å². The lowest BCUT2D eigenvalue weighted by atomic mass is 10.0. The van der Waals surface area contributed by atoms with Crippen molar-refractivity contribution in [2.75, 3.05) is 5.73 Å². The summed E-state index contributed by atoms with van der Waals surface area (Å²) in [6.07, 6.45) is 1.04. The molecule has 98 valence electrons. The van der Waals surface area contributed by atoms with Crippen LogP contribution in [0, 0.1) is 20.8 Å². The fourth-order valence-electron chi connectivity index (χ4n) is 2.51. The van der Waals surface area contributed by atoms with Crippen molar-refractivity contribution in [2.24, 2.45) is 0 Å². The SMILES string of the molecule is CCC(C)(C)n1c(C)c(C)c2c(N)nc(C)nc21. The van der Waals surface area contributed by atoms with Crippen LogP contribution < -0.4 is 5.73 Å². The summed E-state index contributed by atoms with van der Waals surface area (Å²) in [5.41, 5.74) is 9.46.